The maximum atomic E-state index is 13.4. The maximum Gasteiger partial charge on any atom is 0.251 e. The first-order chi connectivity index (χ1) is 9.82. The molecule has 1 aromatic carbocycles. The molecule has 2 aliphatic rings. The number of amides is 1. The number of hydrogen-bond acceptors (Lipinski definition) is 3. The molecule has 0 aliphatic heterocycles. The summed E-state index contributed by atoms with van der Waals surface area (Å²) < 4.78 is 36.0. The molecule has 3 N–H and O–H groups in total. The van der Waals surface area contributed by atoms with Gasteiger partial charge in [-0.25, -0.2) is 17.9 Å². The molecule has 2 fully saturated rings. The minimum absolute atomic E-state index is 0.104. The summed E-state index contributed by atoms with van der Waals surface area (Å²) in [7, 11) is -4.18. The summed E-state index contributed by atoms with van der Waals surface area (Å²) in [6, 6.07) is 3.19. The Hall–Kier alpha value is -1.47. The summed E-state index contributed by atoms with van der Waals surface area (Å²) in [6.07, 6.45) is 4.71. The van der Waals surface area contributed by atoms with Gasteiger partial charge in [0.25, 0.3) is 5.91 Å². The van der Waals surface area contributed by atoms with Gasteiger partial charge in [-0.1, -0.05) is 0 Å². The summed E-state index contributed by atoms with van der Waals surface area (Å²) in [5.41, 5.74) is 0.352. The predicted octanol–water partition coefficient (Wildman–Crippen LogP) is 1.39. The van der Waals surface area contributed by atoms with Crippen molar-refractivity contribution in [1.29, 1.82) is 0 Å². The van der Waals surface area contributed by atoms with Crippen LogP contribution in [-0.2, 0) is 10.0 Å². The Morgan fingerprint density at radius 3 is 2.57 bits per heavy atom. The topological polar surface area (TPSA) is 89.3 Å². The van der Waals surface area contributed by atoms with Crippen molar-refractivity contribution >= 4 is 15.9 Å². The van der Waals surface area contributed by atoms with Gasteiger partial charge in [-0.2, -0.15) is 0 Å². The molecule has 0 atom stereocenters. The fraction of sp³-hybridized carbons (Fsp3) is 0.500. The number of rotatable bonds is 5. The standard InChI is InChI=1S/C14H17FN2O3S/c15-11-4-1-9(7-12(11)21(16,19)20)13(18)17-8-14(5-6-14)10-2-3-10/h1,4,7,10H,2-3,5-6,8H2,(H,17,18)(H2,16,19,20). The van der Waals surface area contributed by atoms with Crippen LogP contribution in [0.25, 0.3) is 0 Å². The SMILES string of the molecule is NS(=O)(=O)c1cc(C(=O)NCC2(C3CC3)CC2)ccc1F. The molecular weight excluding hydrogens is 295 g/mol. The van der Waals surface area contributed by atoms with Crippen LogP contribution in [0, 0.1) is 17.2 Å². The molecule has 3 rings (SSSR count). The third-order valence-electron chi connectivity index (χ3n) is 4.44. The van der Waals surface area contributed by atoms with Crippen molar-refractivity contribution in [3.63, 3.8) is 0 Å². The van der Waals surface area contributed by atoms with Gasteiger partial charge >= 0.3 is 0 Å². The lowest BCUT2D eigenvalue weighted by Gasteiger charge is -2.15. The van der Waals surface area contributed by atoms with E-state index in [1.165, 1.54) is 18.9 Å². The molecule has 2 aliphatic carbocycles. The lowest BCUT2D eigenvalue weighted by Crippen LogP contribution is -2.31. The van der Waals surface area contributed by atoms with Gasteiger partial charge < -0.3 is 5.32 Å². The molecule has 0 aromatic heterocycles. The van der Waals surface area contributed by atoms with Gasteiger partial charge in [-0.05, 0) is 55.2 Å². The van der Waals surface area contributed by atoms with Crippen LogP contribution in [-0.4, -0.2) is 20.9 Å². The minimum atomic E-state index is -4.18. The monoisotopic (exact) mass is 312 g/mol. The first kappa shape index (κ1) is 14.5. The Labute approximate surface area is 122 Å². The second kappa shape index (κ2) is 4.78. The van der Waals surface area contributed by atoms with Gasteiger partial charge in [0.15, 0.2) is 0 Å². The van der Waals surface area contributed by atoms with Crippen LogP contribution in [0.15, 0.2) is 23.1 Å². The third-order valence-corrected chi connectivity index (χ3v) is 5.36. The summed E-state index contributed by atoms with van der Waals surface area (Å²) in [5.74, 6) is -0.636. The zero-order chi connectivity index (χ0) is 15.3. The summed E-state index contributed by atoms with van der Waals surface area (Å²) in [4.78, 5) is 11.4. The molecule has 114 valence electrons. The Morgan fingerprint density at radius 2 is 2.05 bits per heavy atom. The van der Waals surface area contributed by atoms with Gasteiger partial charge in [-0.15, -0.1) is 0 Å². The number of benzene rings is 1. The average molecular weight is 312 g/mol. The molecule has 0 heterocycles. The molecular formula is C14H17FN2O3S. The molecule has 0 bridgehead atoms. The third kappa shape index (κ3) is 2.94. The molecule has 2 saturated carbocycles. The van der Waals surface area contributed by atoms with Gasteiger partial charge in [0.05, 0.1) is 0 Å². The number of carbonyl (C=O) groups is 1. The fourth-order valence-electron chi connectivity index (χ4n) is 2.81. The van der Waals surface area contributed by atoms with E-state index in [-0.39, 0.29) is 11.0 Å². The Kier molecular flexibility index (Phi) is 3.29. The van der Waals surface area contributed by atoms with E-state index in [2.05, 4.69) is 5.32 Å². The van der Waals surface area contributed by atoms with Crippen LogP contribution < -0.4 is 10.5 Å². The Bertz CT molecular complexity index is 694. The van der Waals surface area contributed by atoms with E-state index in [9.17, 15) is 17.6 Å². The first-order valence-corrected chi connectivity index (χ1v) is 8.47. The molecule has 7 heteroatoms. The smallest absolute Gasteiger partial charge is 0.251 e. The van der Waals surface area contributed by atoms with Crippen LogP contribution in [0.5, 0.6) is 0 Å². The van der Waals surface area contributed by atoms with E-state index in [4.69, 9.17) is 5.14 Å². The second-order valence-electron chi connectivity index (χ2n) is 6.01. The lowest BCUT2D eigenvalue weighted by atomic mass is 10.0. The van der Waals surface area contributed by atoms with E-state index in [0.29, 0.717) is 12.5 Å². The van der Waals surface area contributed by atoms with Crippen LogP contribution in [0.1, 0.15) is 36.0 Å². The molecule has 1 aromatic rings. The van der Waals surface area contributed by atoms with Gasteiger partial charge in [0.1, 0.15) is 10.7 Å². The molecule has 0 unspecified atom stereocenters. The van der Waals surface area contributed by atoms with Crippen molar-refractivity contribution in [2.24, 2.45) is 16.5 Å². The highest BCUT2D eigenvalue weighted by Crippen LogP contribution is 2.60. The minimum Gasteiger partial charge on any atom is -0.351 e. The predicted molar refractivity (Wildman–Crippen MR) is 74.5 cm³/mol. The van der Waals surface area contributed by atoms with Crippen molar-refractivity contribution in [3.05, 3.63) is 29.6 Å². The quantitative estimate of drug-likeness (QED) is 0.861. The highest BCUT2D eigenvalue weighted by Gasteiger charge is 2.53. The number of sulfonamides is 1. The van der Waals surface area contributed by atoms with Crippen LogP contribution >= 0.6 is 0 Å². The van der Waals surface area contributed by atoms with E-state index in [1.807, 2.05) is 0 Å². The molecule has 5 nitrogen and oxygen atoms in total. The highest BCUT2D eigenvalue weighted by molar-refractivity contribution is 7.89. The number of nitrogens with two attached hydrogens (primary N) is 1. The highest BCUT2D eigenvalue weighted by atomic mass is 32.2. The fourth-order valence-corrected chi connectivity index (χ4v) is 3.44. The zero-order valence-corrected chi connectivity index (χ0v) is 12.2. The van der Waals surface area contributed by atoms with Crippen molar-refractivity contribution in [1.82, 2.24) is 5.32 Å². The molecule has 21 heavy (non-hydrogen) atoms. The summed E-state index contributed by atoms with van der Waals surface area (Å²) in [5, 5.41) is 7.75. The number of primary sulfonamides is 1. The lowest BCUT2D eigenvalue weighted by molar-refractivity contribution is 0.0942. The Morgan fingerprint density at radius 1 is 1.38 bits per heavy atom. The Balaban J connectivity index is 1.73. The molecule has 1 amide bonds. The zero-order valence-electron chi connectivity index (χ0n) is 11.4. The normalized spacial score (nSPS) is 20.1. The van der Waals surface area contributed by atoms with Crippen LogP contribution in [0.2, 0.25) is 0 Å². The number of carbonyl (C=O) groups excluding carboxylic acids is 1. The van der Waals surface area contributed by atoms with Crippen LogP contribution in [0.4, 0.5) is 4.39 Å². The van der Waals surface area contributed by atoms with Gasteiger partial charge in [0.2, 0.25) is 10.0 Å². The van der Waals surface area contributed by atoms with E-state index >= 15 is 0 Å². The van der Waals surface area contributed by atoms with Crippen molar-refractivity contribution in [2.75, 3.05) is 6.54 Å². The molecule has 0 saturated heterocycles. The van der Waals surface area contributed by atoms with E-state index < -0.39 is 26.6 Å². The largest absolute Gasteiger partial charge is 0.351 e. The average Bonchev–Trinajstić information content (AvgIpc) is 3.25. The second-order valence-corrected chi connectivity index (χ2v) is 7.54. The summed E-state index contributed by atoms with van der Waals surface area (Å²) >= 11 is 0. The van der Waals surface area contributed by atoms with Crippen molar-refractivity contribution < 1.29 is 17.6 Å². The molecule has 0 spiro atoms. The number of hydrogen-bond donors (Lipinski definition) is 2. The van der Waals surface area contributed by atoms with Gasteiger partial charge in [-0.3, -0.25) is 4.79 Å². The van der Waals surface area contributed by atoms with E-state index in [1.54, 1.807) is 0 Å². The maximum absolute atomic E-state index is 13.4. The molecule has 0 radical (unpaired) electrons. The van der Waals surface area contributed by atoms with Crippen molar-refractivity contribution in [3.8, 4) is 0 Å². The van der Waals surface area contributed by atoms with E-state index in [0.717, 1.165) is 25.0 Å². The van der Waals surface area contributed by atoms with Crippen LogP contribution in [0.3, 0.4) is 0 Å². The number of nitrogens with one attached hydrogen (secondary N) is 1. The first-order valence-electron chi connectivity index (χ1n) is 6.92. The summed E-state index contributed by atoms with van der Waals surface area (Å²) in [6.45, 7) is 0.596. The van der Waals surface area contributed by atoms with Crippen molar-refractivity contribution in [2.45, 2.75) is 30.6 Å². The number of halogens is 1. The van der Waals surface area contributed by atoms with Gasteiger partial charge in [0, 0.05) is 12.1 Å².